The minimum Gasteiger partial charge on any atom is -0.481 e. The number of aliphatic carboxylic acids is 1. The molecule has 0 aliphatic heterocycles. The van der Waals surface area contributed by atoms with Crippen LogP contribution in [0.2, 0.25) is 0 Å². The Morgan fingerprint density at radius 1 is 1.38 bits per heavy atom. The molecule has 0 saturated carbocycles. The highest BCUT2D eigenvalue weighted by atomic mass is 16.4. The number of hydrogen-bond acceptors (Lipinski definition) is 4. The SMILES string of the molecule is CC(CCCCCn1cc(-c2cccnc2)nn1)C(=O)O. The van der Waals surface area contributed by atoms with Crippen molar-refractivity contribution in [2.24, 2.45) is 5.92 Å². The van der Waals surface area contributed by atoms with Crippen LogP contribution in [0.15, 0.2) is 30.7 Å². The molecule has 0 bridgehead atoms. The molecule has 0 fully saturated rings. The molecular formula is C15H20N4O2. The molecule has 112 valence electrons. The number of nitrogens with zero attached hydrogens (tertiary/aromatic N) is 4. The Labute approximate surface area is 123 Å². The Kier molecular flexibility index (Phi) is 5.43. The molecule has 1 unspecified atom stereocenters. The molecule has 0 saturated heterocycles. The van der Waals surface area contributed by atoms with Crippen molar-refractivity contribution in [3.05, 3.63) is 30.7 Å². The summed E-state index contributed by atoms with van der Waals surface area (Å²) in [4.78, 5) is 14.8. The molecule has 2 aromatic heterocycles. The molecule has 0 spiro atoms. The van der Waals surface area contributed by atoms with Gasteiger partial charge in [-0.2, -0.15) is 0 Å². The molecular weight excluding hydrogens is 268 g/mol. The van der Waals surface area contributed by atoms with E-state index >= 15 is 0 Å². The summed E-state index contributed by atoms with van der Waals surface area (Å²) in [6, 6.07) is 3.83. The fourth-order valence-electron chi connectivity index (χ4n) is 2.08. The molecule has 6 nitrogen and oxygen atoms in total. The summed E-state index contributed by atoms with van der Waals surface area (Å²) >= 11 is 0. The highest BCUT2D eigenvalue weighted by Crippen LogP contribution is 2.14. The first-order valence-electron chi connectivity index (χ1n) is 7.20. The molecule has 0 aromatic carbocycles. The number of rotatable bonds is 8. The number of carboxylic acids is 1. The molecule has 0 radical (unpaired) electrons. The van der Waals surface area contributed by atoms with E-state index in [4.69, 9.17) is 5.11 Å². The summed E-state index contributed by atoms with van der Waals surface area (Å²) in [6.07, 6.45) is 9.04. The predicted octanol–water partition coefficient (Wildman–Crippen LogP) is 2.62. The second-order valence-electron chi connectivity index (χ2n) is 5.20. The monoisotopic (exact) mass is 288 g/mol. The van der Waals surface area contributed by atoms with E-state index in [2.05, 4.69) is 15.3 Å². The largest absolute Gasteiger partial charge is 0.481 e. The molecule has 1 atom stereocenters. The standard InChI is InChI=1S/C15H20N4O2/c1-12(15(20)21)6-3-2-4-9-19-11-14(17-18-19)13-7-5-8-16-10-13/h5,7-8,10-12H,2-4,6,9H2,1H3,(H,20,21). The van der Waals surface area contributed by atoms with E-state index in [1.54, 1.807) is 19.3 Å². The average Bonchev–Trinajstić information content (AvgIpc) is 2.96. The Balaban J connectivity index is 1.73. The Morgan fingerprint density at radius 2 is 2.24 bits per heavy atom. The van der Waals surface area contributed by atoms with Gasteiger partial charge in [-0.05, 0) is 25.0 Å². The van der Waals surface area contributed by atoms with Crippen LogP contribution in [-0.4, -0.2) is 31.1 Å². The lowest BCUT2D eigenvalue weighted by Crippen LogP contribution is -2.09. The first kappa shape index (κ1) is 15.2. The van der Waals surface area contributed by atoms with Crippen LogP contribution < -0.4 is 0 Å². The number of hydrogen-bond donors (Lipinski definition) is 1. The van der Waals surface area contributed by atoms with Crippen LogP contribution in [0.25, 0.3) is 11.3 Å². The number of carboxylic acid groups (broad SMARTS) is 1. The van der Waals surface area contributed by atoms with E-state index < -0.39 is 5.97 Å². The lowest BCUT2D eigenvalue weighted by Gasteiger charge is -2.05. The Morgan fingerprint density at radius 3 is 2.95 bits per heavy atom. The van der Waals surface area contributed by atoms with E-state index in [0.29, 0.717) is 0 Å². The second kappa shape index (κ2) is 7.52. The lowest BCUT2D eigenvalue weighted by molar-refractivity contribution is -0.141. The highest BCUT2D eigenvalue weighted by molar-refractivity contribution is 5.69. The van der Waals surface area contributed by atoms with Crippen molar-refractivity contribution in [3.63, 3.8) is 0 Å². The van der Waals surface area contributed by atoms with Gasteiger partial charge in [-0.1, -0.05) is 25.0 Å². The maximum Gasteiger partial charge on any atom is 0.306 e. The van der Waals surface area contributed by atoms with Gasteiger partial charge < -0.3 is 5.11 Å². The molecule has 1 N–H and O–H groups in total. The van der Waals surface area contributed by atoms with Crippen LogP contribution >= 0.6 is 0 Å². The van der Waals surface area contributed by atoms with Gasteiger partial charge in [0, 0.05) is 24.5 Å². The van der Waals surface area contributed by atoms with Crippen LogP contribution in [0.4, 0.5) is 0 Å². The van der Waals surface area contributed by atoms with Crippen LogP contribution in [-0.2, 0) is 11.3 Å². The quantitative estimate of drug-likeness (QED) is 0.755. The molecule has 0 aliphatic carbocycles. The third-order valence-corrected chi connectivity index (χ3v) is 3.44. The predicted molar refractivity (Wildman–Crippen MR) is 78.5 cm³/mol. The Bertz CT molecular complexity index is 568. The van der Waals surface area contributed by atoms with Gasteiger partial charge in [0.1, 0.15) is 5.69 Å². The van der Waals surface area contributed by atoms with E-state index in [1.165, 1.54) is 0 Å². The maximum absolute atomic E-state index is 10.7. The highest BCUT2D eigenvalue weighted by Gasteiger charge is 2.09. The van der Waals surface area contributed by atoms with Crippen molar-refractivity contribution in [2.75, 3.05) is 0 Å². The molecule has 6 heteroatoms. The first-order valence-corrected chi connectivity index (χ1v) is 7.20. The van der Waals surface area contributed by atoms with Gasteiger partial charge in [-0.3, -0.25) is 14.5 Å². The third kappa shape index (κ3) is 4.66. The molecule has 2 heterocycles. The van der Waals surface area contributed by atoms with Crippen LogP contribution in [0.1, 0.15) is 32.6 Å². The van der Waals surface area contributed by atoms with Crippen LogP contribution in [0, 0.1) is 5.92 Å². The van der Waals surface area contributed by atoms with Crippen molar-refractivity contribution in [2.45, 2.75) is 39.2 Å². The summed E-state index contributed by atoms with van der Waals surface area (Å²) in [7, 11) is 0. The van der Waals surface area contributed by atoms with Gasteiger partial charge in [0.05, 0.1) is 12.1 Å². The fraction of sp³-hybridized carbons (Fsp3) is 0.467. The molecule has 0 aliphatic rings. The topological polar surface area (TPSA) is 80.9 Å². The molecule has 2 rings (SSSR count). The summed E-state index contributed by atoms with van der Waals surface area (Å²) in [5.41, 5.74) is 1.78. The van der Waals surface area contributed by atoms with Gasteiger partial charge in [0.15, 0.2) is 0 Å². The van der Waals surface area contributed by atoms with Gasteiger partial charge in [-0.15, -0.1) is 5.10 Å². The normalized spacial score (nSPS) is 12.2. The first-order chi connectivity index (χ1) is 10.2. The number of unbranched alkanes of at least 4 members (excludes halogenated alkanes) is 2. The zero-order chi connectivity index (χ0) is 15.1. The van der Waals surface area contributed by atoms with Gasteiger partial charge in [0.25, 0.3) is 0 Å². The minimum atomic E-state index is -0.715. The molecule has 21 heavy (non-hydrogen) atoms. The van der Waals surface area contributed by atoms with E-state index in [1.807, 2.05) is 23.0 Å². The van der Waals surface area contributed by atoms with Gasteiger partial charge in [0.2, 0.25) is 0 Å². The van der Waals surface area contributed by atoms with Crippen molar-refractivity contribution in [1.29, 1.82) is 0 Å². The van der Waals surface area contributed by atoms with Crippen LogP contribution in [0.5, 0.6) is 0 Å². The van der Waals surface area contributed by atoms with E-state index in [-0.39, 0.29) is 5.92 Å². The number of carbonyl (C=O) groups is 1. The zero-order valence-electron chi connectivity index (χ0n) is 12.1. The molecule has 2 aromatic rings. The van der Waals surface area contributed by atoms with Gasteiger partial charge in [-0.25, -0.2) is 0 Å². The second-order valence-corrected chi connectivity index (χ2v) is 5.20. The fourth-order valence-corrected chi connectivity index (χ4v) is 2.08. The van der Waals surface area contributed by atoms with Crippen molar-refractivity contribution in [1.82, 2.24) is 20.0 Å². The van der Waals surface area contributed by atoms with Crippen LogP contribution in [0.3, 0.4) is 0 Å². The van der Waals surface area contributed by atoms with Crippen molar-refractivity contribution >= 4 is 5.97 Å². The number of aromatic nitrogens is 4. The third-order valence-electron chi connectivity index (χ3n) is 3.44. The zero-order valence-corrected chi connectivity index (χ0v) is 12.1. The van der Waals surface area contributed by atoms with Crippen molar-refractivity contribution in [3.8, 4) is 11.3 Å². The smallest absolute Gasteiger partial charge is 0.306 e. The number of aryl methyl sites for hydroxylation is 1. The van der Waals surface area contributed by atoms with Crippen molar-refractivity contribution < 1.29 is 9.90 Å². The van der Waals surface area contributed by atoms with E-state index in [9.17, 15) is 4.79 Å². The summed E-state index contributed by atoms with van der Waals surface area (Å²) < 4.78 is 1.82. The summed E-state index contributed by atoms with van der Waals surface area (Å²) in [5.74, 6) is -0.971. The van der Waals surface area contributed by atoms with Gasteiger partial charge >= 0.3 is 5.97 Å². The Hall–Kier alpha value is -2.24. The van der Waals surface area contributed by atoms with E-state index in [0.717, 1.165) is 43.5 Å². The molecule has 0 amide bonds. The summed E-state index contributed by atoms with van der Waals surface area (Å²) in [5, 5.41) is 17.0. The summed E-state index contributed by atoms with van der Waals surface area (Å²) in [6.45, 7) is 2.55. The lowest BCUT2D eigenvalue weighted by atomic mass is 10.0. The maximum atomic E-state index is 10.7. The average molecular weight is 288 g/mol. The number of pyridine rings is 1. The minimum absolute atomic E-state index is 0.256.